The number of aliphatic carboxylic acids is 2. The first-order valence-electron chi connectivity index (χ1n) is 12.5. The zero-order valence-corrected chi connectivity index (χ0v) is 21.5. The molecule has 1 aliphatic rings. The monoisotopic (exact) mass is 510 g/mol. The van der Waals surface area contributed by atoms with Crippen LogP contribution in [-0.2, 0) is 15.0 Å². The van der Waals surface area contributed by atoms with Crippen LogP contribution in [0.5, 0.6) is 11.5 Å². The molecule has 1 saturated carbocycles. The average Bonchev–Trinajstić information content (AvgIpc) is 2.86. The summed E-state index contributed by atoms with van der Waals surface area (Å²) in [5.74, 6) is -1.18. The summed E-state index contributed by atoms with van der Waals surface area (Å²) in [5, 5.41) is 18.1. The number of ether oxygens (including phenoxy) is 2. The third-order valence-electron chi connectivity index (χ3n) is 7.30. The van der Waals surface area contributed by atoms with Crippen LogP contribution in [0.15, 0.2) is 24.3 Å². The molecule has 0 bridgehead atoms. The highest BCUT2D eigenvalue weighted by molar-refractivity contribution is 5.83. The van der Waals surface area contributed by atoms with Crippen molar-refractivity contribution in [3.63, 3.8) is 0 Å². The van der Waals surface area contributed by atoms with Gasteiger partial charge in [-0.2, -0.15) is 0 Å². The summed E-state index contributed by atoms with van der Waals surface area (Å²) < 4.78 is 10.9. The molecule has 8 nitrogen and oxygen atoms in total. The second kappa shape index (κ2) is 12.0. The zero-order chi connectivity index (χ0) is 27.2. The summed E-state index contributed by atoms with van der Waals surface area (Å²) in [6, 6.07) is 7.41. The minimum absolute atomic E-state index is 0.248. The topological polar surface area (TPSA) is 127 Å². The number of carboxylic acid groups (broad SMARTS) is 2. The Kier molecular flexibility index (Phi) is 9.08. The molecule has 2 N–H and O–H groups in total. The Hall–Kier alpha value is -3.68. The Morgan fingerprint density at radius 1 is 0.865 bits per heavy atom. The van der Waals surface area contributed by atoms with Crippen molar-refractivity contribution >= 4 is 24.5 Å². The van der Waals surface area contributed by atoms with Crippen molar-refractivity contribution in [2.45, 2.75) is 64.7 Å². The summed E-state index contributed by atoms with van der Waals surface area (Å²) in [6.45, 7) is 4.65. The van der Waals surface area contributed by atoms with Crippen LogP contribution in [0.25, 0.3) is 0 Å². The number of hydrogen-bond acceptors (Lipinski definition) is 6. The molecule has 0 spiro atoms. The van der Waals surface area contributed by atoms with E-state index in [1.807, 2.05) is 12.1 Å². The Labute approximate surface area is 216 Å². The van der Waals surface area contributed by atoms with Crippen molar-refractivity contribution in [1.29, 1.82) is 0 Å². The van der Waals surface area contributed by atoms with Crippen LogP contribution in [-0.4, -0.2) is 47.9 Å². The van der Waals surface area contributed by atoms with E-state index in [0.717, 1.165) is 49.7 Å². The molecule has 8 heteroatoms. The van der Waals surface area contributed by atoms with Gasteiger partial charge in [-0.3, -0.25) is 9.59 Å². The van der Waals surface area contributed by atoms with Crippen LogP contribution in [0.1, 0.15) is 88.4 Å². The standard InChI is InChI=1S/C29H34O8/c1-4-5-20-6-8-29(9-7-20,23-10-18(2)27(21(12-23)14-30)36-16-25(32)33)24-11-19(3)28(22(13-24)15-31)37-17-26(34)35/h10-15,20H,4-9,16-17H2,1-3H3,(H,32,33)(H,34,35). The van der Waals surface area contributed by atoms with E-state index in [2.05, 4.69) is 6.92 Å². The molecule has 3 rings (SSSR count). The summed E-state index contributed by atoms with van der Waals surface area (Å²) in [4.78, 5) is 46.1. The van der Waals surface area contributed by atoms with Crippen molar-refractivity contribution in [3.05, 3.63) is 57.6 Å². The first kappa shape index (κ1) is 27.9. The molecule has 0 saturated heterocycles. The molecular formula is C29H34O8. The third kappa shape index (κ3) is 6.18. The van der Waals surface area contributed by atoms with Crippen LogP contribution in [0.4, 0.5) is 0 Å². The van der Waals surface area contributed by atoms with Gasteiger partial charge in [0.25, 0.3) is 0 Å². The predicted octanol–water partition coefficient (Wildman–Crippen LogP) is 5.13. The largest absolute Gasteiger partial charge is 0.481 e. The molecule has 0 aliphatic heterocycles. The number of carbonyl (C=O) groups excluding carboxylic acids is 2. The van der Waals surface area contributed by atoms with Gasteiger partial charge < -0.3 is 19.7 Å². The molecule has 2 aromatic carbocycles. The maximum absolute atomic E-state index is 12.0. The van der Waals surface area contributed by atoms with Gasteiger partial charge in [-0.25, -0.2) is 9.59 Å². The van der Waals surface area contributed by atoms with Crippen LogP contribution >= 0.6 is 0 Å². The molecule has 1 fully saturated rings. The van der Waals surface area contributed by atoms with Crippen LogP contribution in [0.3, 0.4) is 0 Å². The van der Waals surface area contributed by atoms with Gasteiger partial charge in [-0.05, 0) is 79.8 Å². The van der Waals surface area contributed by atoms with E-state index in [4.69, 9.17) is 19.7 Å². The lowest BCUT2D eigenvalue weighted by Crippen LogP contribution is -2.34. The van der Waals surface area contributed by atoms with Crippen molar-refractivity contribution < 1.29 is 38.9 Å². The number of rotatable bonds is 12. The number of aldehydes is 2. The van der Waals surface area contributed by atoms with Crippen LogP contribution < -0.4 is 9.47 Å². The van der Waals surface area contributed by atoms with Gasteiger partial charge in [0.05, 0.1) is 11.1 Å². The fraction of sp³-hybridized carbons (Fsp3) is 0.448. The highest BCUT2D eigenvalue weighted by Crippen LogP contribution is 2.49. The lowest BCUT2D eigenvalue weighted by atomic mass is 9.62. The van der Waals surface area contributed by atoms with Crippen molar-refractivity contribution in [2.75, 3.05) is 13.2 Å². The molecule has 2 aromatic rings. The van der Waals surface area contributed by atoms with E-state index in [1.165, 1.54) is 0 Å². The SMILES string of the molecule is CCCC1CCC(c2cc(C)c(OCC(=O)O)c(C=O)c2)(c2cc(C)c(OCC(=O)O)c(C=O)c2)CC1. The number of benzene rings is 2. The first-order chi connectivity index (χ1) is 17.6. The number of hydrogen-bond donors (Lipinski definition) is 2. The second-order valence-electron chi connectivity index (χ2n) is 9.84. The molecular weight excluding hydrogens is 476 g/mol. The zero-order valence-electron chi connectivity index (χ0n) is 21.5. The minimum Gasteiger partial charge on any atom is -0.481 e. The van der Waals surface area contributed by atoms with E-state index >= 15 is 0 Å². The van der Waals surface area contributed by atoms with Crippen LogP contribution in [0.2, 0.25) is 0 Å². The Bertz CT molecular complexity index is 1090. The average molecular weight is 511 g/mol. The summed E-state index contributed by atoms with van der Waals surface area (Å²) in [7, 11) is 0. The number of carboxylic acids is 2. The molecule has 198 valence electrons. The fourth-order valence-corrected chi connectivity index (χ4v) is 5.60. The van der Waals surface area contributed by atoms with Crippen molar-refractivity contribution in [1.82, 2.24) is 0 Å². The van der Waals surface area contributed by atoms with Gasteiger partial charge >= 0.3 is 11.9 Å². The summed E-state index contributed by atoms with van der Waals surface area (Å²) >= 11 is 0. The highest BCUT2D eigenvalue weighted by atomic mass is 16.5. The van der Waals surface area contributed by atoms with Gasteiger partial charge in [0, 0.05) is 5.41 Å². The normalized spacial score (nSPS) is 15.1. The van der Waals surface area contributed by atoms with Gasteiger partial charge in [0.15, 0.2) is 25.8 Å². The van der Waals surface area contributed by atoms with E-state index < -0.39 is 30.6 Å². The maximum atomic E-state index is 12.0. The van der Waals surface area contributed by atoms with Gasteiger partial charge in [0.1, 0.15) is 11.5 Å². The molecule has 0 heterocycles. The second-order valence-corrected chi connectivity index (χ2v) is 9.84. The van der Waals surface area contributed by atoms with E-state index in [1.54, 1.807) is 26.0 Å². The Balaban J connectivity index is 2.16. The lowest BCUT2D eigenvalue weighted by Gasteiger charge is -2.42. The highest BCUT2D eigenvalue weighted by Gasteiger charge is 2.39. The Morgan fingerprint density at radius 3 is 1.65 bits per heavy atom. The van der Waals surface area contributed by atoms with Crippen molar-refractivity contribution in [3.8, 4) is 11.5 Å². The molecule has 37 heavy (non-hydrogen) atoms. The Morgan fingerprint density at radius 2 is 1.30 bits per heavy atom. The van der Waals surface area contributed by atoms with Gasteiger partial charge in [0.2, 0.25) is 0 Å². The maximum Gasteiger partial charge on any atom is 0.341 e. The van der Waals surface area contributed by atoms with E-state index in [9.17, 15) is 19.2 Å². The molecule has 0 amide bonds. The first-order valence-corrected chi connectivity index (χ1v) is 12.5. The number of aryl methyl sites for hydroxylation is 2. The molecule has 0 aromatic heterocycles. The van der Waals surface area contributed by atoms with Crippen molar-refractivity contribution in [2.24, 2.45) is 5.92 Å². The van der Waals surface area contributed by atoms with E-state index in [-0.39, 0.29) is 22.6 Å². The smallest absolute Gasteiger partial charge is 0.341 e. The summed E-state index contributed by atoms with van der Waals surface area (Å²) in [6.07, 6.45) is 7.16. The molecule has 0 unspecified atom stereocenters. The van der Waals surface area contributed by atoms with Gasteiger partial charge in [-0.15, -0.1) is 0 Å². The van der Waals surface area contributed by atoms with Crippen LogP contribution in [0, 0.1) is 19.8 Å². The molecule has 0 atom stereocenters. The molecule has 0 radical (unpaired) electrons. The fourth-order valence-electron chi connectivity index (χ4n) is 5.60. The predicted molar refractivity (Wildman–Crippen MR) is 137 cm³/mol. The van der Waals surface area contributed by atoms with Gasteiger partial charge in [-0.1, -0.05) is 31.9 Å². The quantitative estimate of drug-likeness (QED) is 0.376. The minimum atomic E-state index is -1.13. The lowest BCUT2D eigenvalue weighted by molar-refractivity contribution is -0.140. The molecule has 1 aliphatic carbocycles. The third-order valence-corrected chi connectivity index (χ3v) is 7.30. The summed E-state index contributed by atoms with van der Waals surface area (Å²) in [5.41, 5.74) is 3.18. The number of carbonyl (C=O) groups is 4. The van der Waals surface area contributed by atoms with E-state index in [0.29, 0.717) is 29.6 Å².